The van der Waals surface area contributed by atoms with Gasteiger partial charge in [-0.25, -0.2) is 17.6 Å². The molecule has 0 fully saturated rings. The van der Waals surface area contributed by atoms with Crippen molar-refractivity contribution in [3.63, 3.8) is 0 Å². The summed E-state index contributed by atoms with van der Waals surface area (Å²) >= 11 is 0. The zero-order valence-electron chi connectivity index (χ0n) is 10.5. The third-order valence-electron chi connectivity index (χ3n) is 2.80. The summed E-state index contributed by atoms with van der Waals surface area (Å²) in [5, 5.41) is 1.76. The first kappa shape index (κ1) is 15.0. The lowest BCUT2D eigenvalue weighted by molar-refractivity contribution is -0.117. The summed E-state index contributed by atoms with van der Waals surface area (Å²) in [7, 11) is 0. The van der Waals surface area contributed by atoms with Gasteiger partial charge in [0.05, 0.1) is 0 Å². The van der Waals surface area contributed by atoms with E-state index in [-0.39, 0.29) is 6.07 Å². The van der Waals surface area contributed by atoms with Crippen molar-refractivity contribution < 1.29 is 22.4 Å². The number of carbonyl (C=O) groups is 1. The van der Waals surface area contributed by atoms with Gasteiger partial charge in [-0.1, -0.05) is 30.3 Å². The highest BCUT2D eigenvalue weighted by atomic mass is 19.2. The van der Waals surface area contributed by atoms with Crippen molar-refractivity contribution in [3.8, 4) is 0 Å². The first-order valence-corrected chi connectivity index (χ1v) is 5.86. The summed E-state index contributed by atoms with van der Waals surface area (Å²) in [6, 6.07) is 6.80. The van der Waals surface area contributed by atoms with E-state index in [1.807, 2.05) is 0 Å². The van der Waals surface area contributed by atoms with E-state index in [0.717, 1.165) is 0 Å². The molecule has 3 N–H and O–H groups in total. The Morgan fingerprint density at radius 2 is 1.52 bits per heavy atom. The highest BCUT2D eigenvalue weighted by Gasteiger charge is 2.23. The second-order valence-corrected chi connectivity index (χ2v) is 4.22. The number of hydrogen-bond acceptors (Lipinski definition) is 2. The number of nitrogens with two attached hydrogens (primary N) is 1. The van der Waals surface area contributed by atoms with Crippen LogP contribution in [-0.4, -0.2) is 5.91 Å². The molecule has 110 valence electrons. The molecule has 0 saturated heterocycles. The lowest BCUT2D eigenvalue weighted by atomic mass is 10.1. The first-order chi connectivity index (χ1) is 9.91. The van der Waals surface area contributed by atoms with E-state index >= 15 is 0 Å². The molecule has 3 nitrogen and oxygen atoms in total. The normalized spacial score (nSPS) is 12.0. The molecule has 2 aromatic rings. The maximum absolute atomic E-state index is 13.4. The average molecular weight is 298 g/mol. The summed E-state index contributed by atoms with van der Waals surface area (Å²) in [4.78, 5) is 11.8. The van der Waals surface area contributed by atoms with Crippen LogP contribution in [0.25, 0.3) is 0 Å². The fraction of sp³-hybridized carbons (Fsp3) is 0.0714. The van der Waals surface area contributed by atoms with Gasteiger partial charge in [0.2, 0.25) is 5.91 Å². The van der Waals surface area contributed by atoms with Crippen molar-refractivity contribution in [1.29, 1.82) is 0 Å². The number of rotatable bonds is 3. The van der Waals surface area contributed by atoms with Crippen molar-refractivity contribution in [2.75, 3.05) is 5.32 Å². The van der Waals surface area contributed by atoms with E-state index in [9.17, 15) is 22.4 Å². The Morgan fingerprint density at radius 3 is 2.05 bits per heavy atom. The minimum Gasteiger partial charge on any atom is -0.319 e. The number of benzene rings is 2. The molecule has 0 unspecified atom stereocenters. The Bertz CT molecular complexity index is 650. The van der Waals surface area contributed by atoms with Crippen molar-refractivity contribution in [1.82, 2.24) is 0 Å². The Kier molecular flexibility index (Phi) is 4.23. The Labute approximate surface area is 117 Å². The van der Waals surface area contributed by atoms with Gasteiger partial charge in [-0.2, -0.15) is 0 Å². The Balaban J connectivity index is 2.29. The predicted octanol–water partition coefficient (Wildman–Crippen LogP) is 2.88. The second kappa shape index (κ2) is 5.92. The summed E-state index contributed by atoms with van der Waals surface area (Å²) in [5.41, 5.74) is 4.80. The lowest BCUT2D eigenvalue weighted by Crippen LogP contribution is -2.28. The zero-order valence-corrected chi connectivity index (χ0v) is 10.5. The van der Waals surface area contributed by atoms with Crippen molar-refractivity contribution in [2.24, 2.45) is 5.73 Å². The van der Waals surface area contributed by atoms with Gasteiger partial charge < -0.3 is 11.1 Å². The average Bonchev–Trinajstić information content (AvgIpc) is 2.49. The van der Waals surface area contributed by atoms with E-state index in [1.165, 1.54) is 12.1 Å². The highest BCUT2D eigenvalue weighted by molar-refractivity contribution is 5.95. The third-order valence-corrected chi connectivity index (χ3v) is 2.80. The quantitative estimate of drug-likeness (QED) is 0.676. The van der Waals surface area contributed by atoms with Gasteiger partial charge in [0.1, 0.15) is 11.7 Å². The molecule has 0 aromatic heterocycles. The molecule has 0 aliphatic rings. The molecule has 2 aromatic carbocycles. The molecule has 0 heterocycles. The molecule has 1 amide bonds. The lowest BCUT2D eigenvalue weighted by Gasteiger charge is -2.14. The van der Waals surface area contributed by atoms with Crippen LogP contribution in [0.3, 0.4) is 0 Å². The Hall–Kier alpha value is -2.41. The molecule has 0 aliphatic carbocycles. The van der Waals surface area contributed by atoms with Crippen molar-refractivity contribution in [2.45, 2.75) is 6.04 Å². The molecule has 7 heteroatoms. The van der Waals surface area contributed by atoms with Crippen LogP contribution < -0.4 is 11.1 Å². The van der Waals surface area contributed by atoms with Crippen LogP contribution in [0.15, 0.2) is 36.4 Å². The van der Waals surface area contributed by atoms with Gasteiger partial charge >= 0.3 is 0 Å². The maximum atomic E-state index is 13.4. The largest absolute Gasteiger partial charge is 0.319 e. The van der Waals surface area contributed by atoms with Crippen molar-refractivity contribution >= 4 is 11.6 Å². The molecular formula is C14H10F4N2O. The minimum atomic E-state index is -1.69. The van der Waals surface area contributed by atoms with E-state index in [4.69, 9.17) is 5.73 Å². The fourth-order valence-corrected chi connectivity index (χ4v) is 1.70. The number of anilines is 1. The van der Waals surface area contributed by atoms with Gasteiger partial charge in [-0.3, -0.25) is 4.79 Å². The van der Waals surface area contributed by atoms with E-state index in [2.05, 4.69) is 0 Å². The zero-order chi connectivity index (χ0) is 15.6. The van der Waals surface area contributed by atoms with Crippen LogP contribution in [0.2, 0.25) is 0 Å². The number of nitrogens with one attached hydrogen (secondary N) is 1. The molecule has 0 radical (unpaired) electrons. The predicted molar refractivity (Wildman–Crippen MR) is 68.3 cm³/mol. The van der Waals surface area contributed by atoms with Crippen LogP contribution in [-0.2, 0) is 4.79 Å². The monoisotopic (exact) mass is 298 g/mol. The molecule has 21 heavy (non-hydrogen) atoms. The van der Waals surface area contributed by atoms with E-state index in [1.54, 1.807) is 23.5 Å². The molecule has 0 spiro atoms. The number of carbonyl (C=O) groups excluding carboxylic acids is 1. The van der Waals surface area contributed by atoms with Crippen LogP contribution in [0.4, 0.5) is 23.2 Å². The summed E-state index contributed by atoms with van der Waals surface area (Å²) < 4.78 is 52.9. The van der Waals surface area contributed by atoms with Gasteiger partial charge in [-0.05, 0) is 5.56 Å². The highest BCUT2D eigenvalue weighted by Crippen LogP contribution is 2.25. The van der Waals surface area contributed by atoms with E-state index in [0.29, 0.717) is 5.56 Å². The molecular weight excluding hydrogens is 288 g/mol. The number of halogens is 4. The summed E-state index contributed by atoms with van der Waals surface area (Å²) in [6.45, 7) is 0. The summed E-state index contributed by atoms with van der Waals surface area (Å²) in [5.74, 6) is -7.61. The van der Waals surface area contributed by atoms with Gasteiger partial charge in [0, 0.05) is 6.07 Å². The topological polar surface area (TPSA) is 55.1 Å². The van der Waals surface area contributed by atoms with Crippen LogP contribution in [0.1, 0.15) is 11.6 Å². The van der Waals surface area contributed by atoms with Gasteiger partial charge in [0.15, 0.2) is 23.3 Å². The van der Waals surface area contributed by atoms with Crippen LogP contribution >= 0.6 is 0 Å². The molecule has 2 rings (SSSR count). The second-order valence-electron chi connectivity index (χ2n) is 4.22. The van der Waals surface area contributed by atoms with Gasteiger partial charge in [0.25, 0.3) is 0 Å². The fourth-order valence-electron chi connectivity index (χ4n) is 1.70. The summed E-state index contributed by atoms with van der Waals surface area (Å²) in [6.07, 6.45) is 0. The van der Waals surface area contributed by atoms with Gasteiger partial charge in [-0.15, -0.1) is 0 Å². The smallest absolute Gasteiger partial charge is 0.246 e. The standard InChI is InChI=1S/C14H10F4N2O/c15-8-6-9(16)11(18)13(10(8)17)20-14(21)12(19)7-4-2-1-3-5-7/h1-6,12H,19H2,(H,20,21)/t12-/m1/s1. The number of amides is 1. The van der Waals surface area contributed by atoms with Crippen LogP contribution in [0.5, 0.6) is 0 Å². The SMILES string of the molecule is N[C@@H](C(=O)Nc1c(F)c(F)cc(F)c1F)c1ccccc1. The molecule has 0 saturated carbocycles. The minimum absolute atomic E-state index is 0.0530. The van der Waals surface area contributed by atoms with E-state index < -0.39 is 40.9 Å². The number of hydrogen-bond donors (Lipinski definition) is 2. The molecule has 0 bridgehead atoms. The molecule has 0 aliphatic heterocycles. The Morgan fingerprint density at radius 1 is 1.00 bits per heavy atom. The third kappa shape index (κ3) is 3.03. The maximum Gasteiger partial charge on any atom is 0.246 e. The van der Waals surface area contributed by atoms with Crippen LogP contribution in [0, 0.1) is 23.3 Å². The molecule has 1 atom stereocenters. The first-order valence-electron chi connectivity index (χ1n) is 5.86. The van der Waals surface area contributed by atoms with Crippen molar-refractivity contribution in [3.05, 3.63) is 65.2 Å².